The molecular formula is C10H12BrO2. The summed E-state index contributed by atoms with van der Waals surface area (Å²) >= 11 is 3.41. The average Bonchev–Trinajstić information content (AvgIpc) is 2.16. The zero-order valence-electron chi connectivity index (χ0n) is 7.76. The molecule has 1 aromatic carbocycles. The van der Waals surface area contributed by atoms with Gasteiger partial charge < -0.3 is 9.47 Å². The molecule has 0 aliphatic rings. The molecule has 0 N–H and O–H groups in total. The molecule has 2 nitrogen and oxygen atoms in total. The molecule has 0 spiro atoms. The summed E-state index contributed by atoms with van der Waals surface area (Å²) < 4.78 is 11.2. The van der Waals surface area contributed by atoms with Crippen molar-refractivity contribution in [2.24, 2.45) is 0 Å². The van der Waals surface area contributed by atoms with Crippen molar-refractivity contribution in [3.05, 3.63) is 29.1 Å². The summed E-state index contributed by atoms with van der Waals surface area (Å²) in [5.41, 5.74) is 1.12. The second kappa shape index (κ2) is 4.51. The summed E-state index contributed by atoms with van der Waals surface area (Å²) in [5, 5.41) is 0. The molecule has 0 unspecified atom stereocenters. The van der Waals surface area contributed by atoms with Crippen molar-refractivity contribution >= 4 is 15.9 Å². The summed E-state index contributed by atoms with van der Waals surface area (Å²) in [4.78, 5) is 0. The van der Waals surface area contributed by atoms with Crippen LogP contribution in [0.1, 0.15) is 5.56 Å². The van der Waals surface area contributed by atoms with E-state index in [-0.39, 0.29) is 0 Å². The summed E-state index contributed by atoms with van der Waals surface area (Å²) in [7, 11) is 3.24. The number of hydrogen-bond acceptors (Lipinski definition) is 2. The van der Waals surface area contributed by atoms with E-state index in [0.29, 0.717) is 0 Å². The molecule has 0 saturated carbocycles. The molecule has 1 radical (unpaired) electrons. The Balaban J connectivity index is 3.20. The normalized spacial score (nSPS) is 9.85. The number of methoxy groups -OCH3 is 2. The predicted molar refractivity (Wildman–Crippen MR) is 56.3 cm³/mol. The molecule has 1 aromatic rings. The molecule has 0 bridgehead atoms. The SMILES string of the molecule is [CH2]Cc1cc(Br)c(OC)c(OC)c1. The van der Waals surface area contributed by atoms with Gasteiger partial charge in [-0.3, -0.25) is 0 Å². The lowest BCUT2D eigenvalue weighted by atomic mass is 10.1. The van der Waals surface area contributed by atoms with E-state index in [1.807, 2.05) is 12.1 Å². The summed E-state index contributed by atoms with van der Waals surface area (Å²) in [6, 6.07) is 3.91. The predicted octanol–water partition coefficient (Wildman–Crippen LogP) is 2.84. The van der Waals surface area contributed by atoms with Crippen LogP contribution in [0.3, 0.4) is 0 Å². The third-order valence-electron chi connectivity index (χ3n) is 1.78. The molecule has 0 saturated heterocycles. The van der Waals surface area contributed by atoms with Crippen LogP contribution < -0.4 is 9.47 Å². The Morgan fingerprint density at radius 1 is 1.31 bits per heavy atom. The molecule has 0 aliphatic heterocycles. The highest BCUT2D eigenvalue weighted by molar-refractivity contribution is 9.10. The van der Waals surface area contributed by atoms with Gasteiger partial charge in [0.05, 0.1) is 18.7 Å². The van der Waals surface area contributed by atoms with Crippen LogP contribution in [-0.2, 0) is 6.42 Å². The standard InChI is InChI=1S/C10H12BrO2/c1-4-7-5-8(11)10(13-3)9(6-7)12-2/h5-6H,1,4H2,2-3H3. The van der Waals surface area contributed by atoms with Gasteiger partial charge in [-0.05, 0) is 47.0 Å². The van der Waals surface area contributed by atoms with Crippen LogP contribution in [0.2, 0.25) is 0 Å². The molecule has 0 atom stereocenters. The van der Waals surface area contributed by atoms with Crippen molar-refractivity contribution in [3.8, 4) is 11.5 Å². The lowest BCUT2D eigenvalue weighted by molar-refractivity contribution is 0.353. The van der Waals surface area contributed by atoms with Gasteiger partial charge in [-0.25, -0.2) is 0 Å². The lowest BCUT2D eigenvalue weighted by Gasteiger charge is -2.10. The number of rotatable bonds is 3. The second-order valence-corrected chi connectivity index (χ2v) is 3.42. The first-order valence-electron chi connectivity index (χ1n) is 3.92. The Kier molecular flexibility index (Phi) is 3.60. The highest BCUT2D eigenvalue weighted by Crippen LogP contribution is 2.36. The van der Waals surface area contributed by atoms with E-state index in [1.54, 1.807) is 14.2 Å². The highest BCUT2D eigenvalue weighted by Gasteiger charge is 2.08. The van der Waals surface area contributed by atoms with Crippen molar-refractivity contribution in [3.63, 3.8) is 0 Å². The fraction of sp³-hybridized carbons (Fsp3) is 0.300. The third-order valence-corrected chi connectivity index (χ3v) is 2.37. The molecule has 1 rings (SSSR count). The molecule has 0 heterocycles. The van der Waals surface area contributed by atoms with Crippen LogP contribution in [0, 0.1) is 6.92 Å². The van der Waals surface area contributed by atoms with Gasteiger partial charge in [0, 0.05) is 0 Å². The van der Waals surface area contributed by atoms with Crippen LogP contribution in [0.25, 0.3) is 0 Å². The van der Waals surface area contributed by atoms with Crippen molar-refractivity contribution in [1.82, 2.24) is 0 Å². The molecule has 0 aromatic heterocycles. The molecule has 0 aliphatic carbocycles. The van der Waals surface area contributed by atoms with Gasteiger partial charge >= 0.3 is 0 Å². The van der Waals surface area contributed by atoms with Gasteiger partial charge in [-0.2, -0.15) is 0 Å². The Morgan fingerprint density at radius 3 is 2.46 bits per heavy atom. The van der Waals surface area contributed by atoms with Gasteiger partial charge in [0.25, 0.3) is 0 Å². The maximum absolute atomic E-state index is 5.18. The van der Waals surface area contributed by atoms with Crippen molar-refractivity contribution in [2.45, 2.75) is 6.42 Å². The summed E-state index contributed by atoms with van der Waals surface area (Å²) in [6.45, 7) is 3.81. The summed E-state index contributed by atoms with van der Waals surface area (Å²) in [6.07, 6.45) is 0.735. The molecule has 0 amide bonds. The van der Waals surface area contributed by atoms with Crippen LogP contribution in [0.15, 0.2) is 16.6 Å². The zero-order chi connectivity index (χ0) is 9.84. The largest absolute Gasteiger partial charge is 0.493 e. The smallest absolute Gasteiger partial charge is 0.174 e. The van der Waals surface area contributed by atoms with Crippen LogP contribution in [0.5, 0.6) is 11.5 Å². The third kappa shape index (κ3) is 2.15. The molecule has 13 heavy (non-hydrogen) atoms. The molecule has 0 fully saturated rings. The van der Waals surface area contributed by atoms with E-state index in [2.05, 4.69) is 22.9 Å². The van der Waals surface area contributed by atoms with Crippen LogP contribution in [-0.4, -0.2) is 14.2 Å². The Morgan fingerprint density at radius 2 is 2.00 bits per heavy atom. The lowest BCUT2D eigenvalue weighted by Crippen LogP contribution is -1.93. The van der Waals surface area contributed by atoms with Crippen molar-refractivity contribution in [2.75, 3.05) is 14.2 Å². The topological polar surface area (TPSA) is 18.5 Å². The number of benzene rings is 1. The summed E-state index contributed by atoms with van der Waals surface area (Å²) in [5.74, 6) is 1.45. The van der Waals surface area contributed by atoms with E-state index in [4.69, 9.17) is 9.47 Å². The minimum Gasteiger partial charge on any atom is -0.493 e. The fourth-order valence-electron chi connectivity index (χ4n) is 1.12. The van der Waals surface area contributed by atoms with Gasteiger partial charge in [0.1, 0.15) is 0 Å². The highest BCUT2D eigenvalue weighted by atomic mass is 79.9. The second-order valence-electron chi connectivity index (χ2n) is 2.56. The van der Waals surface area contributed by atoms with Crippen LogP contribution in [0.4, 0.5) is 0 Å². The maximum Gasteiger partial charge on any atom is 0.174 e. The van der Waals surface area contributed by atoms with E-state index in [9.17, 15) is 0 Å². The molecule has 71 valence electrons. The Hall–Kier alpha value is -0.700. The Bertz CT molecular complexity index is 297. The number of ether oxygens (including phenoxy) is 2. The zero-order valence-corrected chi connectivity index (χ0v) is 9.35. The maximum atomic E-state index is 5.18. The molecule has 3 heteroatoms. The first-order valence-corrected chi connectivity index (χ1v) is 4.71. The minimum atomic E-state index is 0.722. The molecular weight excluding hydrogens is 232 g/mol. The van der Waals surface area contributed by atoms with Crippen LogP contribution >= 0.6 is 15.9 Å². The number of hydrogen-bond donors (Lipinski definition) is 0. The quantitative estimate of drug-likeness (QED) is 0.813. The van der Waals surface area contributed by atoms with Gasteiger partial charge in [0.15, 0.2) is 11.5 Å². The van der Waals surface area contributed by atoms with E-state index >= 15 is 0 Å². The number of halogens is 1. The van der Waals surface area contributed by atoms with Gasteiger partial charge in [0.2, 0.25) is 0 Å². The average molecular weight is 244 g/mol. The van der Waals surface area contributed by atoms with Crippen molar-refractivity contribution < 1.29 is 9.47 Å². The van der Waals surface area contributed by atoms with E-state index in [1.165, 1.54) is 0 Å². The van der Waals surface area contributed by atoms with E-state index in [0.717, 1.165) is 28.0 Å². The van der Waals surface area contributed by atoms with Gasteiger partial charge in [-0.15, -0.1) is 0 Å². The van der Waals surface area contributed by atoms with Crippen molar-refractivity contribution in [1.29, 1.82) is 0 Å². The fourth-order valence-corrected chi connectivity index (χ4v) is 1.77. The first kappa shape index (κ1) is 10.4. The monoisotopic (exact) mass is 243 g/mol. The first-order chi connectivity index (χ1) is 6.22. The minimum absolute atomic E-state index is 0.722. The van der Waals surface area contributed by atoms with Gasteiger partial charge in [-0.1, -0.05) is 0 Å². The van der Waals surface area contributed by atoms with E-state index < -0.39 is 0 Å². The Labute approximate surface area is 87.0 Å².